The number of hydrazone groups is 1. The van der Waals surface area contributed by atoms with Gasteiger partial charge in [0.1, 0.15) is 23.5 Å². The van der Waals surface area contributed by atoms with Crippen LogP contribution in [-0.4, -0.2) is 41.9 Å². The van der Waals surface area contributed by atoms with Gasteiger partial charge in [0, 0.05) is 0 Å². The molecule has 0 aliphatic heterocycles. The van der Waals surface area contributed by atoms with Crippen LogP contribution in [-0.2, 0) is 9.53 Å². The summed E-state index contributed by atoms with van der Waals surface area (Å²) in [6.45, 7) is 7.10. The second-order valence-corrected chi connectivity index (χ2v) is 8.72. The Hall–Kier alpha value is -2.81. The molecule has 1 aromatic carbocycles. The topological polar surface area (TPSA) is 110 Å². The Morgan fingerprint density at radius 2 is 2.07 bits per heavy atom. The number of nitrogens with zero attached hydrogens (tertiary/aromatic N) is 1. The molecular formula is C21H27N3O5S. The minimum Gasteiger partial charge on any atom is -0.463 e. The van der Waals surface area contributed by atoms with Gasteiger partial charge in [-0.2, -0.15) is 16.9 Å². The number of aryl methyl sites for hydroxylation is 1. The lowest BCUT2D eigenvalue weighted by Crippen LogP contribution is -2.47. The van der Waals surface area contributed by atoms with Crippen molar-refractivity contribution in [2.75, 3.05) is 12.0 Å². The van der Waals surface area contributed by atoms with E-state index in [1.165, 1.54) is 12.5 Å². The average molecular weight is 434 g/mol. The molecule has 0 unspecified atom stereocenters. The Bertz CT molecular complexity index is 994. The van der Waals surface area contributed by atoms with E-state index in [0.717, 1.165) is 5.56 Å². The second-order valence-electron chi connectivity index (χ2n) is 7.73. The lowest BCUT2D eigenvalue weighted by Gasteiger charge is -2.22. The van der Waals surface area contributed by atoms with E-state index in [2.05, 4.69) is 15.8 Å². The van der Waals surface area contributed by atoms with Gasteiger partial charge in [0.2, 0.25) is 5.43 Å². The van der Waals surface area contributed by atoms with Gasteiger partial charge in [-0.3, -0.25) is 9.59 Å². The standard InChI is InChI=1S/C21H27N3O5S/c1-13-6-7-17-15(10-13)18(25)14(12-28-17)11-22-24-19(26)16(8-9-30-5)23-20(27)29-21(2,3)4/h6-7,10-12,16H,8-9H2,1-5H3,(H,23,27)(H,24,26)/b22-11-/t16-/m0/s1. The van der Waals surface area contributed by atoms with E-state index < -0.39 is 23.6 Å². The smallest absolute Gasteiger partial charge is 0.408 e. The summed E-state index contributed by atoms with van der Waals surface area (Å²) in [5, 5.41) is 6.86. The van der Waals surface area contributed by atoms with Crippen LogP contribution >= 0.6 is 11.8 Å². The highest BCUT2D eigenvalue weighted by Gasteiger charge is 2.24. The molecule has 0 aliphatic rings. The van der Waals surface area contributed by atoms with Crippen LogP contribution < -0.4 is 16.2 Å². The molecular weight excluding hydrogens is 406 g/mol. The van der Waals surface area contributed by atoms with Crippen LogP contribution in [0.3, 0.4) is 0 Å². The summed E-state index contributed by atoms with van der Waals surface area (Å²) in [6.07, 6.45) is 4.14. The third kappa shape index (κ3) is 6.91. The first-order chi connectivity index (χ1) is 14.1. The molecule has 2 amide bonds. The minimum atomic E-state index is -0.819. The number of hydrogen-bond donors (Lipinski definition) is 2. The number of carbonyl (C=O) groups is 2. The third-order valence-electron chi connectivity index (χ3n) is 3.95. The summed E-state index contributed by atoms with van der Waals surface area (Å²) in [7, 11) is 0. The molecule has 0 bridgehead atoms. The molecule has 0 aliphatic carbocycles. The molecule has 0 spiro atoms. The average Bonchev–Trinajstić information content (AvgIpc) is 2.65. The number of carbonyl (C=O) groups excluding carboxylic acids is 2. The summed E-state index contributed by atoms with van der Waals surface area (Å²) < 4.78 is 10.7. The lowest BCUT2D eigenvalue weighted by molar-refractivity contribution is -0.123. The van der Waals surface area contributed by atoms with Crippen molar-refractivity contribution in [1.82, 2.24) is 10.7 Å². The Labute approximate surface area is 179 Å². The fraction of sp³-hybridized carbons (Fsp3) is 0.429. The van der Waals surface area contributed by atoms with Crippen molar-refractivity contribution in [2.45, 2.75) is 45.8 Å². The molecule has 1 atom stereocenters. The fourth-order valence-corrected chi connectivity index (χ4v) is 3.02. The van der Waals surface area contributed by atoms with Crippen molar-refractivity contribution in [3.63, 3.8) is 0 Å². The summed E-state index contributed by atoms with van der Waals surface area (Å²) in [4.78, 5) is 37.1. The number of fused-ring (bicyclic) bond motifs is 1. The van der Waals surface area contributed by atoms with Gasteiger partial charge in [-0.05, 0) is 58.3 Å². The molecule has 2 rings (SSSR count). The van der Waals surface area contributed by atoms with Gasteiger partial charge in [0.05, 0.1) is 17.2 Å². The number of benzene rings is 1. The minimum absolute atomic E-state index is 0.203. The maximum absolute atomic E-state index is 12.6. The molecule has 1 heterocycles. The lowest BCUT2D eigenvalue weighted by atomic mass is 10.1. The summed E-state index contributed by atoms with van der Waals surface area (Å²) in [5.41, 5.74) is 3.06. The zero-order valence-corrected chi connectivity index (χ0v) is 18.6. The number of nitrogens with one attached hydrogen (secondary N) is 2. The van der Waals surface area contributed by atoms with E-state index in [0.29, 0.717) is 23.1 Å². The highest BCUT2D eigenvalue weighted by Crippen LogP contribution is 2.12. The molecule has 0 saturated carbocycles. The maximum Gasteiger partial charge on any atom is 0.408 e. The van der Waals surface area contributed by atoms with Crippen LogP contribution in [0.15, 0.2) is 38.8 Å². The highest BCUT2D eigenvalue weighted by molar-refractivity contribution is 7.98. The number of alkyl carbamates (subject to hydrolysis) is 1. The van der Waals surface area contributed by atoms with E-state index in [9.17, 15) is 14.4 Å². The number of hydrogen-bond acceptors (Lipinski definition) is 7. The number of rotatable bonds is 7. The van der Waals surface area contributed by atoms with Gasteiger partial charge in [0.25, 0.3) is 5.91 Å². The van der Waals surface area contributed by atoms with E-state index >= 15 is 0 Å². The predicted octanol–water partition coefficient (Wildman–Crippen LogP) is 3.20. The molecule has 0 saturated heterocycles. The number of amides is 2. The van der Waals surface area contributed by atoms with Crippen LogP contribution in [0.4, 0.5) is 4.79 Å². The SMILES string of the molecule is CSCC[C@H](NC(=O)OC(C)(C)C)C(=O)N/N=C\c1coc2ccc(C)cc2c1=O. The Balaban J connectivity index is 2.09. The molecule has 8 nitrogen and oxygen atoms in total. The second kappa shape index (κ2) is 10.3. The zero-order chi connectivity index (χ0) is 22.3. The van der Waals surface area contributed by atoms with Gasteiger partial charge in [-0.15, -0.1) is 0 Å². The predicted molar refractivity (Wildman–Crippen MR) is 119 cm³/mol. The number of thioether (sulfide) groups is 1. The zero-order valence-electron chi connectivity index (χ0n) is 17.8. The summed E-state index contributed by atoms with van der Waals surface area (Å²) >= 11 is 1.55. The maximum atomic E-state index is 12.6. The fourth-order valence-electron chi connectivity index (χ4n) is 2.55. The first-order valence-electron chi connectivity index (χ1n) is 9.44. The van der Waals surface area contributed by atoms with Crippen LogP contribution in [0, 0.1) is 6.92 Å². The molecule has 2 aromatic rings. The quantitative estimate of drug-likeness (QED) is 0.513. The van der Waals surface area contributed by atoms with Crippen LogP contribution in [0.5, 0.6) is 0 Å². The van der Waals surface area contributed by atoms with Gasteiger partial charge in [0.15, 0.2) is 0 Å². The van der Waals surface area contributed by atoms with E-state index in [-0.39, 0.29) is 11.0 Å². The first kappa shape index (κ1) is 23.5. The van der Waals surface area contributed by atoms with Crippen LogP contribution in [0.25, 0.3) is 11.0 Å². The Kier molecular flexibility index (Phi) is 8.05. The van der Waals surface area contributed by atoms with Crippen molar-refractivity contribution in [2.24, 2.45) is 5.10 Å². The molecule has 162 valence electrons. The molecule has 0 fully saturated rings. The molecule has 9 heteroatoms. The van der Waals surface area contributed by atoms with Crippen molar-refractivity contribution >= 4 is 40.9 Å². The van der Waals surface area contributed by atoms with Crippen molar-refractivity contribution in [3.8, 4) is 0 Å². The van der Waals surface area contributed by atoms with Gasteiger partial charge >= 0.3 is 6.09 Å². The first-order valence-corrected chi connectivity index (χ1v) is 10.8. The molecule has 2 N–H and O–H groups in total. The monoisotopic (exact) mass is 433 g/mol. The Morgan fingerprint density at radius 1 is 1.33 bits per heavy atom. The number of ether oxygens (including phenoxy) is 1. The van der Waals surface area contributed by atoms with Crippen LogP contribution in [0.2, 0.25) is 0 Å². The Morgan fingerprint density at radius 3 is 2.73 bits per heavy atom. The largest absolute Gasteiger partial charge is 0.463 e. The molecule has 30 heavy (non-hydrogen) atoms. The van der Waals surface area contributed by atoms with Crippen LogP contribution in [0.1, 0.15) is 38.3 Å². The molecule has 0 radical (unpaired) electrons. The summed E-state index contributed by atoms with van der Waals surface area (Å²) in [6, 6.07) is 4.50. The third-order valence-corrected chi connectivity index (χ3v) is 4.60. The van der Waals surface area contributed by atoms with Crippen molar-refractivity contribution in [1.29, 1.82) is 0 Å². The van der Waals surface area contributed by atoms with E-state index in [4.69, 9.17) is 9.15 Å². The highest BCUT2D eigenvalue weighted by atomic mass is 32.2. The van der Waals surface area contributed by atoms with Crippen molar-refractivity contribution in [3.05, 3.63) is 45.8 Å². The van der Waals surface area contributed by atoms with E-state index in [1.807, 2.05) is 19.2 Å². The summed E-state index contributed by atoms with van der Waals surface area (Å²) in [5.74, 6) is 0.151. The normalized spacial score (nSPS) is 12.7. The van der Waals surface area contributed by atoms with Crippen molar-refractivity contribution < 1.29 is 18.7 Å². The van der Waals surface area contributed by atoms with E-state index in [1.54, 1.807) is 44.7 Å². The van der Waals surface area contributed by atoms with Gasteiger partial charge in [-0.25, -0.2) is 10.2 Å². The molecule has 1 aromatic heterocycles. The van der Waals surface area contributed by atoms with Gasteiger partial charge in [-0.1, -0.05) is 11.6 Å². The van der Waals surface area contributed by atoms with Gasteiger partial charge < -0.3 is 14.5 Å².